The van der Waals surface area contributed by atoms with E-state index in [-0.39, 0.29) is 7.33 Å². The molecular weight excluding hydrogens is 570 g/mol. The number of fused-ring (bicyclic) bond motifs is 1. The monoisotopic (exact) mass is 625 g/mol. The largest absolute Gasteiger partial charge is 0.457 e. The van der Waals surface area contributed by atoms with Crippen LogP contribution in [0.4, 0.5) is 11.6 Å². The van der Waals surface area contributed by atoms with Crippen LogP contribution in [0, 0.1) is 11.8 Å². The topological polar surface area (TPSA) is 62.6 Å². The van der Waals surface area contributed by atoms with E-state index in [1.54, 1.807) is 0 Å². The van der Waals surface area contributed by atoms with E-state index < -0.39 is 0 Å². The third-order valence-electron chi connectivity index (χ3n) is 8.88. The van der Waals surface area contributed by atoms with Crippen LogP contribution in [0.25, 0.3) is 11.0 Å². The number of hydrogen-bond donors (Lipinski definition) is 1. The number of imidazole rings is 1. The van der Waals surface area contributed by atoms with Crippen molar-refractivity contribution < 1.29 is 11.0 Å². The Kier molecular flexibility index (Phi) is 12.1. The van der Waals surface area contributed by atoms with E-state index in [0.717, 1.165) is 85.2 Å². The molecule has 1 aromatic heterocycles. The molecule has 7 nitrogen and oxygen atoms in total. The maximum absolute atomic E-state index is 13.9. The van der Waals surface area contributed by atoms with Gasteiger partial charge in [-0.05, 0) is 118 Å². The number of para-hydroxylation sites is 1. The number of carbonyl (C=O) groups excluding carboxylic acids is 1. The number of rotatable bonds is 15. The first-order valence-corrected chi connectivity index (χ1v) is 17.5. The second-order valence-electron chi connectivity index (χ2n) is 13.6. The fourth-order valence-electron chi connectivity index (χ4n) is 6.08. The molecule has 1 amide bonds. The number of carbonyl (C=O) groups is 1. The smallest absolute Gasteiger partial charge is 0.253 e. The SMILES string of the molecule is CC(C)CCN(CCC(C)C)C(=O)c1ccc2nc(Nc3ccc(Oc4ccccc4)cc3)n(CCCN3CCCCCC3)c2c1.[HH]. The summed E-state index contributed by atoms with van der Waals surface area (Å²) in [6.07, 6.45) is 8.30. The van der Waals surface area contributed by atoms with Gasteiger partial charge in [-0.2, -0.15) is 0 Å². The first-order valence-electron chi connectivity index (χ1n) is 17.5. The molecule has 0 atom stereocenters. The minimum absolute atomic E-state index is 0. The second kappa shape index (κ2) is 16.6. The van der Waals surface area contributed by atoms with Gasteiger partial charge >= 0.3 is 0 Å². The highest BCUT2D eigenvalue weighted by Crippen LogP contribution is 2.28. The van der Waals surface area contributed by atoms with E-state index >= 15 is 0 Å². The van der Waals surface area contributed by atoms with E-state index in [1.165, 1.54) is 38.8 Å². The van der Waals surface area contributed by atoms with Crippen LogP contribution in [-0.2, 0) is 6.54 Å². The third kappa shape index (κ3) is 9.58. The molecular formula is C39H55N5O2. The lowest BCUT2D eigenvalue weighted by atomic mass is 10.1. The van der Waals surface area contributed by atoms with Gasteiger partial charge in [0.2, 0.25) is 5.95 Å². The zero-order chi connectivity index (χ0) is 32.3. The summed E-state index contributed by atoms with van der Waals surface area (Å²) in [7, 11) is 0. The van der Waals surface area contributed by atoms with Crippen LogP contribution < -0.4 is 10.1 Å². The number of nitrogens with zero attached hydrogens (tertiary/aromatic N) is 4. The number of hydrogen-bond acceptors (Lipinski definition) is 5. The van der Waals surface area contributed by atoms with E-state index in [1.807, 2.05) is 66.7 Å². The van der Waals surface area contributed by atoms with Gasteiger partial charge in [-0.15, -0.1) is 0 Å². The van der Waals surface area contributed by atoms with Crippen molar-refractivity contribution in [1.82, 2.24) is 19.4 Å². The highest BCUT2D eigenvalue weighted by molar-refractivity contribution is 5.98. The summed E-state index contributed by atoms with van der Waals surface area (Å²) in [6, 6.07) is 23.8. The molecule has 0 spiro atoms. The summed E-state index contributed by atoms with van der Waals surface area (Å²) >= 11 is 0. The molecule has 7 heteroatoms. The number of anilines is 2. The summed E-state index contributed by atoms with van der Waals surface area (Å²) in [6.45, 7) is 14.7. The van der Waals surface area contributed by atoms with Crippen LogP contribution in [0.3, 0.4) is 0 Å². The lowest BCUT2D eigenvalue weighted by molar-refractivity contribution is 0.0741. The second-order valence-corrected chi connectivity index (χ2v) is 13.6. The minimum atomic E-state index is 0. The van der Waals surface area contributed by atoms with Crippen molar-refractivity contribution in [2.24, 2.45) is 11.8 Å². The fraction of sp³-hybridized carbons (Fsp3) is 0.487. The molecule has 1 saturated heterocycles. The normalized spacial score (nSPS) is 14.1. The Bertz CT molecular complexity index is 1500. The van der Waals surface area contributed by atoms with Gasteiger partial charge in [-0.1, -0.05) is 58.7 Å². The molecule has 0 radical (unpaired) electrons. The first-order chi connectivity index (χ1) is 22.4. The predicted molar refractivity (Wildman–Crippen MR) is 192 cm³/mol. The molecule has 1 aliphatic rings. The molecule has 5 rings (SSSR count). The van der Waals surface area contributed by atoms with Gasteiger partial charge in [0.15, 0.2) is 0 Å². The van der Waals surface area contributed by atoms with Gasteiger partial charge in [0.05, 0.1) is 11.0 Å². The van der Waals surface area contributed by atoms with Crippen molar-refractivity contribution in [2.75, 3.05) is 38.0 Å². The number of benzene rings is 3. The zero-order valence-corrected chi connectivity index (χ0v) is 28.4. The first kappa shape index (κ1) is 33.5. The highest BCUT2D eigenvalue weighted by Gasteiger charge is 2.20. The summed E-state index contributed by atoms with van der Waals surface area (Å²) < 4.78 is 8.27. The molecule has 0 aliphatic carbocycles. The van der Waals surface area contributed by atoms with Crippen molar-refractivity contribution >= 4 is 28.6 Å². The molecule has 46 heavy (non-hydrogen) atoms. The molecule has 3 aromatic carbocycles. The number of nitrogens with one attached hydrogen (secondary N) is 1. The van der Waals surface area contributed by atoms with Crippen molar-refractivity contribution in [2.45, 2.75) is 79.2 Å². The fourth-order valence-corrected chi connectivity index (χ4v) is 6.08. The van der Waals surface area contributed by atoms with E-state index in [9.17, 15) is 4.79 Å². The van der Waals surface area contributed by atoms with Crippen molar-refractivity contribution in [3.05, 3.63) is 78.4 Å². The lowest BCUT2D eigenvalue weighted by Crippen LogP contribution is -2.34. The summed E-state index contributed by atoms with van der Waals surface area (Å²) in [5.74, 6) is 3.61. The van der Waals surface area contributed by atoms with Crippen LogP contribution >= 0.6 is 0 Å². The number of aromatic nitrogens is 2. The maximum atomic E-state index is 13.9. The minimum Gasteiger partial charge on any atom is -0.457 e. The van der Waals surface area contributed by atoms with Crippen molar-refractivity contribution in [3.8, 4) is 11.5 Å². The maximum Gasteiger partial charge on any atom is 0.253 e. The predicted octanol–water partition coefficient (Wildman–Crippen LogP) is 9.62. The van der Waals surface area contributed by atoms with E-state index in [0.29, 0.717) is 11.8 Å². The molecule has 2 heterocycles. The Morgan fingerprint density at radius 2 is 1.50 bits per heavy atom. The lowest BCUT2D eigenvalue weighted by Gasteiger charge is -2.25. The zero-order valence-electron chi connectivity index (χ0n) is 28.4. The van der Waals surface area contributed by atoms with Crippen LogP contribution in [0.1, 0.15) is 84.4 Å². The average Bonchev–Trinajstić information content (AvgIpc) is 3.19. The average molecular weight is 626 g/mol. The molecule has 1 N–H and O–H groups in total. The summed E-state index contributed by atoms with van der Waals surface area (Å²) in [4.78, 5) is 23.6. The molecule has 0 saturated carbocycles. The van der Waals surface area contributed by atoms with Crippen LogP contribution in [0.15, 0.2) is 72.8 Å². The van der Waals surface area contributed by atoms with Gasteiger partial charge < -0.3 is 24.4 Å². The Balaban J connectivity index is 0.00000500. The Hall–Kier alpha value is -3.84. The molecule has 1 aliphatic heterocycles. The van der Waals surface area contributed by atoms with E-state index in [4.69, 9.17) is 9.72 Å². The van der Waals surface area contributed by atoms with Gasteiger partial charge in [-0.3, -0.25) is 4.79 Å². The standard InChI is InChI=1S/C39H53N5O2.H2/c1-30(2)21-27-43(28-22-31(3)4)38(45)32-15-20-36-37(29-32)44(26-12-25-42-23-10-5-6-11-24-42)39(41-36)40-33-16-18-35(19-17-33)46-34-13-8-7-9-14-34;/h7-9,13-20,29-31H,5-6,10-12,21-28H2,1-4H3,(H,40,41);1H. The Morgan fingerprint density at radius 3 is 2.15 bits per heavy atom. The number of aryl methyl sites for hydroxylation is 1. The Labute approximate surface area is 277 Å². The number of likely N-dealkylation sites (tertiary alicyclic amines) is 1. The van der Waals surface area contributed by atoms with E-state index in [2.05, 4.69) is 53.4 Å². The van der Waals surface area contributed by atoms with Crippen molar-refractivity contribution in [3.63, 3.8) is 0 Å². The number of ether oxygens (including phenoxy) is 1. The van der Waals surface area contributed by atoms with Crippen LogP contribution in [0.2, 0.25) is 0 Å². The number of amides is 1. The summed E-state index contributed by atoms with van der Waals surface area (Å²) in [5, 5.41) is 3.58. The van der Waals surface area contributed by atoms with Crippen LogP contribution in [-0.4, -0.2) is 58.0 Å². The van der Waals surface area contributed by atoms with Crippen LogP contribution in [0.5, 0.6) is 11.5 Å². The molecule has 4 aromatic rings. The van der Waals surface area contributed by atoms with Gasteiger partial charge in [0.25, 0.3) is 5.91 Å². The highest BCUT2D eigenvalue weighted by atomic mass is 16.5. The van der Waals surface area contributed by atoms with Crippen molar-refractivity contribution in [1.29, 1.82) is 0 Å². The summed E-state index contributed by atoms with van der Waals surface area (Å²) in [5.41, 5.74) is 3.58. The molecule has 248 valence electrons. The third-order valence-corrected chi connectivity index (χ3v) is 8.88. The quantitative estimate of drug-likeness (QED) is 0.143. The van der Waals surface area contributed by atoms with Gasteiger partial charge in [0.1, 0.15) is 11.5 Å². The molecule has 1 fully saturated rings. The van der Waals surface area contributed by atoms with Gasteiger partial charge in [-0.25, -0.2) is 4.98 Å². The molecule has 0 bridgehead atoms. The molecule has 0 unspecified atom stereocenters. The Morgan fingerprint density at radius 1 is 0.848 bits per heavy atom. The van der Waals surface area contributed by atoms with Gasteiger partial charge in [0, 0.05) is 32.3 Å².